The third-order valence-corrected chi connectivity index (χ3v) is 5.41. The Bertz CT molecular complexity index is 1070. The number of methoxy groups -OCH3 is 1. The molecule has 3 aromatic rings. The van der Waals surface area contributed by atoms with E-state index in [1.807, 2.05) is 49.4 Å². The van der Waals surface area contributed by atoms with Gasteiger partial charge in [0.05, 0.1) is 18.6 Å². The van der Waals surface area contributed by atoms with Crippen molar-refractivity contribution in [1.29, 1.82) is 0 Å². The first kappa shape index (κ1) is 21.7. The van der Waals surface area contributed by atoms with Gasteiger partial charge >= 0.3 is 0 Å². The van der Waals surface area contributed by atoms with Crippen molar-refractivity contribution in [3.8, 4) is 5.75 Å². The molecule has 0 fully saturated rings. The van der Waals surface area contributed by atoms with E-state index in [2.05, 4.69) is 10.6 Å². The second-order valence-corrected chi connectivity index (χ2v) is 8.02. The van der Waals surface area contributed by atoms with Gasteiger partial charge in [-0.25, -0.2) is 0 Å². The molecule has 0 bridgehead atoms. The summed E-state index contributed by atoms with van der Waals surface area (Å²) in [5.74, 6) is 0.380. The quantitative estimate of drug-likeness (QED) is 0.466. The molecule has 0 aliphatic heterocycles. The van der Waals surface area contributed by atoms with E-state index in [-0.39, 0.29) is 17.6 Å². The van der Waals surface area contributed by atoms with Crippen molar-refractivity contribution in [1.82, 2.24) is 0 Å². The molecule has 30 heavy (non-hydrogen) atoms. The number of hydrogen-bond donors (Lipinski definition) is 2. The van der Waals surface area contributed by atoms with E-state index < -0.39 is 0 Å². The molecule has 0 heterocycles. The van der Waals surface area contributed by atoms with Gasteiger partial charge in [0, 0.05) is 21.2 Å². The van der Waals surface area contributed by atoms with Gasteiger partial charge in [-0.15, -0.1) is 11.8 Å². The van der Waals surface area contributed by atoms with Gasteiger partial charge in [-0.2, -0.15) is 0 Å². The molecular formula is C23H21ClN2O3S. The molecule has 0 aromatic heterocycles. The van der Waals surface area contributed by atoms with Crippen molar-refractivity contribution in [2.24, 2.45) is 0 Å². The number of ether oxygens (including phenoxy) is 1. The Morgan fingerprint density at radius 1 is 1.00 bits per heavy atom. The number of hydrogen-bond acceptors (Lipinski definition) is 4. The molecule has 2 amide bonds. The molecule has 0 unspecified atom stereocenters. The first-order valence-corrected chi connectivity index (χ1v) is 10.6. The van der Waals surface area contributed by atoms with Crippen LogP contribution in [0.15, 0.2) is 71.6 Å². The molecular weight excluding hydrogens is 420 g/mol. The van der Waals surface area contributed by atoms with Crippen LogP contribution in [-0.2, 0) is 4.79 Å². The summed E-state index contributed by atoms with van der Waals surface area (Å²) in [6, 6.07) is 19.8. The van der Waals surface area contributed by atoms with E-state index in [0.29, 0.717) is 27.7 Å². The van der Waals surface area contributed by atoms with Crippen LogP contribution >= 0.6 is 23.4 Å². The summed E-state index contributed by atoms with van der Waals surface area (Å²) in [6.07, 6.45) is 0. The normalized spacial score (nSPS) is 10.4. The number of thioether (sulfide) groups is 1. The van der Waals surface area contributed by atoms with E-state index in [9.17, 15) is 9.59 Å². The van der Waals surface area contributed by atoms with E-state index >= 15 is 0 Å². The molecule has 0 spiro atoms. The van der Waals surface area contributed by atoms with Crippen molar-refractivity contribution >= 4 is 46.6 Å². The minimum Gasteiger partial charge on any atom is -0.495 e. The number of amides is 2. The van der Waals surface area contributed by atoms with Gasteiger partial charge < -0.3 is 15.4 Å². The molecule has 3 aromatic carbocycles. The molecule has 0 saturated carbocycles. The van der Waals surface area contributed by atoms with Crippen LogP contribution in [0.1, 0.15) is 15.9 Å². The highest BCUT2D eigenvalue weighted by Gasteiger charge is 2.10. The second-order valence-electron chi connectivity index (χ2n) is 6.53. The Morgan fingerprint density at radius 2 is 1.80 bits per heavy atom. The molecule has 0 radical (unpaired) electrons. The molecule has 0 aliphatic rings. The molecule has 2 N–H and O–H groups in total. The molecule has 3 rings (SSSR count). The molecule has 0 atom stereocenters. The number of rotatable bonds is 7. The van der Waals surface area contributed by atoms with E-state index in [4.69, 9.17) is 16.3 Å². The predicted octanol–water partition coefficient (Wildman–Crippen LogP) is 5.64. The highest BCUT2D eigenvalue weighted by atomic mass is 35.5. The maximum absolute atomic E-state index is 12.4. The maximum atomic E-state index is 12.4. The summed E-state index contributed by atoms with van der Waals surface area (Å²) < 4.78 is 5.24. The number of carbonyl (C=O) groups excluding carboxylic acids is 2. The minimum absolute atomic E-state index is 0.174. The summed E-state index contributed by atoms with van der Waals surface area (Å²) in [7, 11) is 1.53. The number of anilines is 2. The van der Waals surface area contributed by atoms with Gasteiger partial charge in [0.1, 0.15) is 5.75 Å². The van der Waals surface area contributed by atoms with Crippen LogP contribution in [0.2, 0.25) is 5.02 Å². The van der Waals surface area contributed by atoms with Crippen LogP contribution in [0, 0.1) is 6.92 Å². The summed E-state index contributed by atoms with van der Waals surface area (Å²) in [6.45, 7) is 1.94. The smallest absolute Gasteiger partial charge is 0.255 e. The van der Waals surface area contributed by atoms with Crippen molar-refractivity contribution in [2.75, 3.05) is 23.5 Å². The first-order chi connectivity index (χ1) is 14.4. The number of nitrogens with one attached hydrogen (secondary N) is 2. The fourth-order valence-corrected chi connectivity index (χ4v) is 3.69. The zero-order valence-corrected chi connectivity index (χ0v) is 18.1. The van der Waals surface area contributed by atoms with E-state index in [1.54, 1.807) is 24.3 Å². The third kappa shape index (κ3) is 6.02. The van der Waals surface area contributed by atoms with Crippen molar-refractivity contribution in [2.45, 2.75) is 11.8 Å². The molecule has 154 valence electrons. The maximum Gasteiger partial charge on any atom is 0.255 e. The van der Waals surface area contributed by atoms with E-state index in [1.165, 1.54) is 18.9 Å². The number of benzene rings is 3. The average molecular weight is 441 g/mol. The van der Waals surface area contributed by atoms with Crippen molar-refractivity contribution in [3.05, 3.63) is 82.9 Å². The predicted molar refractivity (Wildman–Crippen MR) is 123 cm³/mol. The second kappa shape index (κ2) is 10.2. The summed E-state index contributed by atoms with van der Waals surface area (Å²) in [4.78, 5) is 25.6. The van der Waals surface area contributed by atoms with Crippen LogP contribution in [0.5, 0.6) is 5.75 Å². The van der Waals surface area contributed by atoms with Crippen molar-refractivity contribution < 1.29 is 14.3 Å². The SMILES string of the molecule is COc1ccc(Cl)cc1NC(=O)CSc1cccc(NC(=O)c2cccc(C)c2)c1. The van der Waals surface area contributed by atoms with Gasteiger partial charge in [-0.1, -0.05) is 35.4 Å². The van der Waals surface area contributed by atoms with Gasteiger partial charge in [0.25, 0.3) is 5.91 Å². The molecule has 5 nitrogen and oxygen atoms in total. The van der Waals surface area contributed by atoms with Gasteiger partial charge in [0.15, 0.2) is 0 Å². The molecule has 0 aliphatic carbocycles. The van der Waals surface area contributed by atoms with Crippen LogP contribution in [0.3, 0.4) is 0 Å². The van der Waals surface area contributed by atoms with Crippen LogP contribution in [-0.4, -0.2) is 24.7 Å². The highest BCUT2D eigenvalue weighted by Crippen LogP contribution is 2.28. The van der Waals surface area contributed by atoms with Gasteiger partial charge in [0.2, 0.25) is 5.91 Å². The summed E-state index contributed by atoms with van der Waals surface area (Å²) in [5, 5.41) is 6.21. The Kier molecular flexibility index (Phi) is 7.38. The lowest BCUT2D eigenvalue weighted by Gasteiger charge is -2.11. The van der Waals surface area contributed by atoms with Crippen LogP contribution in [0.4, 0.5) is 11.4 Å². The standard InChI is InChI=1S/C23H21ClN2O3S/c1-15-5-3-6-16(11-15)23(28)25-18-7-4-8-19(13-18)30-14-22(27)26-20-12-17(24)9-10-21(20)29-2/h3-13H,14H2,1-2H3,(H,25,28)(H,26,27). The lowest BCUT2D eigenvalue weighted by molar-refractivity contribution is -0.113. The first-order valence-electron chi connectivity index (χ1n) is 9.19. The minimum atomic E-state index is -0.185. The Hall–Kier alpha value is -2.96. The van der Waals surface area contributed by atoms with Gasteiger partial charge in [-0.3, -0.25) is 9.59 Å². The average Bonchev–Trinajstić information content (AvgIpc) is 2.73. The zero-order valence-electron chi connectivity index (χ0n) is 16.6. The molecule has 7 heteroatoms. The zero-order chi connectivity index (χ0) is 21.5. The number of aryl methyl sites for hydroxylation is 1. The Morgan fingerprint density at radius 3 is 2.57 bits per heavy atom. The van der Waals surface area contributed by atoms with Crippen LogP contribution in [0.25, 0.3) is 0 Å². The highest BCUT2D eigenvalue weighted by molar-refractivity contribution is 8.00. The van der Waals surface area contributed by atoms with Crippen molar-refractivity contribution in [3.63, 3.8) is 0 Å². The summed E-state index contributed by atoms with van der Waals surface area (Å²) in [5.41, 5.74) is 2.82. The number of halogens is 1. The lowest BCUT2D eigenvalue weighted by atomic mass is 10.1. The monoisotopic (exact) mass is 440 g/mol. The number of carbonyl (C=O) groups is 2. The summed E-state index contributed by atoms with van der Waals surface area (Å²) >= 11 is 7.36. The largest absolute Gasteiger partial charge is 0.495 e. The van der Waals surface area contributed by atoms with Gasteiger partial charge in [-0.05, 0) is 55.5 Å². The molecule has 0 saturated heterocycles. The topological polar surface area (TPSA) is 67.4 Å². The fraction of sp³-hybridized carbons (Fsp3) is 0.130. The lowest BCUT2D eigenvalue weighted by Crippen LogP contribution is -2.14. The fourth-order valence-electron chi connectivity index (χ4n) is 2.77. The third-order valence-electron chi connectivity index (χ3n) is 4.18. The van der Waals surface area contributed by atoms with Crippen LogP contribution < -0.4 is 15.4 Å². The Labute approximate surface area is 184 Å². The Balaban J connectivity index is 1.59. The van der Waals surface area contributed by atoms with E-state index in [0.717, 1.165) is 10.5 Å².